The number of hydrogen-bond acceptors (Lipinski definition) is 4. The Bertz CT molecular complexity index is 699. The highest BCUT2D eigenvalue weighted by molar-refractivity contribution is 7.89. The van der Waals surface area contributed by atoms with Crippen LogP contribution in [0.3, 0.4) is 0 Å². The molecule has 1 saturated carbocycles. The number of sulfonamides is 1. The van der Waals surface area contributed by atoms with Gasteiger partial charge in [0.1, 0.15) is 0 Å². The van der Waals surface area contributed by atoms with Crippen LogP contribution in [0.2, 0.25) is 0 Å². The smallest absolute Gasteiger partial charge is 0.335 e. The van der Waals surface area contributed by atoms with Crippen molar-refractivity contribution >= 4 is 22.0 Å². The van der Waals surface area contributed by atoms with Crippen molar-refractivity contribution in [1.82, 2.24) is 15.4 Å². The quantitative estimate of drug-likeness (QED) is 0.515. The lowest BCUT2D eigenvalue weighted by Gasteiger charge is -2.25. The zero-order chi connectivity index (χ0) is 18.3. The van der Waals surface area contributed by atoms with Gasteiger partial charge in [0, 0.05) is 19.6 Å². The van der Waals surface area contributed by atoms with Crippen molar-refractivity contribution in [2.45, 2.75) is 25.8 Å². The van der Waals surface area contributed by atoms with Crippen LogP contribution >= 0.6 is 0 Å². The maximum Gasteiger partial charge on any atom is 0.335 e. The molecule has 8 nitrogen and oxygen atoms in total. The normalized spacial score (nSPS) is 14.6. The predicted octanol–water partition coefficient (Wildman–Crippen LogP) is 0.904. The standard InChI is InChI=1S/C16H23N3O5S/c20-15(21)14-6-4-13(5-7-14)10-18-16(22)17-8-9-25(23,24)19-11-12-2-1-3-12/h4-7,12,19H,1-3,8-11H2,(H,20,21)(H2,17,18,22). The third-order valence-corrected chi connectivity index (χ3v) is 5.48. The van der Waals surface area contributed by atoms with Gasteiger partial charge in [-0.3, -0.25) is 0 Å². The van der Waals surface area contributed by atoms with E-state index in [-0.39, 0.29) is 24.4 Å². The fraction of sp³-hybridized carbons (Fsp3) is 0.500. The number of aromatic carboxylic acids is 1. The zero-order valence-corrected chi connectivity index (χ0v) is 14.6. The number of benzene rings is 1. The molecule has 9 heteroatoms. The Labute approximate surface area is 147 Å². The molecule has 1 fully saturated rings. The number of carbonyl (C=O) groups is 2. The Balaban J connectivity index is 1.63. The second-order valence-electron chi connectivity index (χ2n) is 6.08. The molecule has 0 heterocycles. The van der Waals surface area contributed by atoms with Crippen molar-refractivity contribution in [2.75, 3.05) is 18.8 Å². The number of carbonyl (C=O) groups excluding carboxylic acids is 1. The van der Waals surface area contributed by atoms with Crippen molar-refractivity contribution in [3.63, 3.8) is 0 Å². The van der Waals surface area contributed by atoms with E-state index in [2.05, 4.69) is 15.4 Å². The molecule has 0 unspecified atom stereocenters. The van der Waals surface area contributed by atoms with Crippen LogP contribution in [0, 0.1) is 5.92 Å². The summed E-state index contributed by atoms with van der Waals surface area (Å²) in [4.78, 5) is 22.4. The molecular weight excluding hydrogens is 346 g/mol. The van der Waals surface area contributed by atoms with Gasteiger partial charge in [0.05, 0.1) is 11.3 Å². The molecule has 0 atom stereocenters. The summed E-state index contributed by atoms with van der Waals surface area (Å²) in [5.41, 5.74) is 0.919. The summed E-state index contributed by atoms with van der Waals surface area (Å²) in [6, 6.07) is 5.66. The highest BCUT2D eigenvalue weighted by Gasteiger charge is 2.20. The number of hydrogen-bond donors (Lipinski definition) is 4. The molecule has 0 aromatic heterocycles. The number of urea groups is 1. The molecule has 2 rings (SSSR count). The summed E-state index contributed by atoms with van der Waals surface area (Å²) in [6.07, 6.45) is 3.29. The molecule has 1 aliphatic carbocycles. The average Bonchev–Trinajstić information content (AvgIpc) is 2.51. The zero-order valence-electron chi connectivity index (χ0n) is 13.8. The average molecular weight is 369 g/mol. The van der Waals surface area contributed by atoms with Crippen molar-refractivity contribution in [3.8, 4) is 0 Å². The number of rotatable bonds is 9. The van der Waals surface area contributed by atoms with E-state index in [0.29, 0.717) is 12.5 Å². The largest absolute Gasteiger partial charge is 0.478 e. The first-order chi connectivity index (χ1) is 11.9. The van der Waals surface area contributed by atoms with Gasteiger partial charge in [-0.05, 0) is 36.5 Å². The third-order valence-electron chi connectivity index (χ3n) is 4.13. The van der Waals surface area contributed by atoms with Gasteiger partial charge in [-0.15, -0.1) is 0 Å². The van der Waals surface area contributed by atoms with Gasteiger partial charge >= 0.3 is 12.0 Å². The lowest BCUT2D eigenvalue weighted by atomic mass is 9.86. The Morgan fingerprint density at radius 3 is 2.36 bits per heavy atom. The van der Waals surface area contributed by atoms with Gasteiger partial charge in [-0.2, -0.15) is 0 Å². The fourth-order valence-corrected chi connectivity index (χ4v) is 3.33. The monoisotopic (exact) mass is 369 g/mol. The summed E-state index contributed by atoms with van der Waals surface area (Å²) < 4.78 is 26.1. The first-order valence-corrected chi connectivity index (χ1v) is 9.82. The number of carboxylic acids is 1. The van der Waals surface area contributed by atoms with E-state index in [1.54, 1.807) is 12.1 Å². The predicted molar refractivity (Wildman–Crippen MR) is 92.8 cm³/mol. The molecule has 138 valence electrons. The summed E-state index contributed by atoms with van der Waals surface area (Å²) in [5, 5.41) is 13.9. The van der Waals surface area contributed by atoms with E-state index in [1.807, 2.05) is 0 Å². The van der Waals surface area contributed by atoms with Crippen LogP contribution in [0.1, 0.15) is 35.2 Å². The maximum absolute atomic E-state index is 11.8. The number of amides is 2. The molecule has 2 amide bonds. The van der Waals surface area contributed by atoms with Crippen LogP contribution in [0.4, 0.5) is 4.79 Å². The van der Waals surface area contributed by atoms with Gasteiger partial charge in [0.2, 0.25) is 10.0 Å². The van der Waals surface area contributed by atoms with Crippen molar-refractivity contribution in [3.05, 3.63) is 35.4 Å². The van der Waals surface area contributed by atoms with Gasteiger partial charge in [-0.1, -0.05) is 18.6 Å². The van der Waals surface area contributed by atoms with E-state index in [4.69, 9.17) is 5.11 Å². The number of nitrogens with one attached hydrogen (secondary N) is 3. The molecule has 4 N–H and O–H groups in total. The fourth-order valence-electron chi connectivity index (χ4n) is 2.32. The van der Waals surface area contributed by atoms with Crippen molar-refractivity contribution < 1.29 is 23.1 Å². The minimum Gasteiger partial charge on any atom is -0.478 e. The lowest BCUT2D eigenvalue weighted by Crippen LogP contribution is -2.40. The van der Waals surface area contributed by atoms with E-state index >= 15 is 0 Å². The van der Waals surface area contributed by atoms with Crippen LogP contribution in [-0.4, -0.2) is 44.4 Å². The summed E-state index contributed by atoms with van der Waals surface area (Å²) in [5.74, 6) is -0.733. The molecule has 0 aliphatic heterocycles. The molecule has 0 radical (unpaired) electrons. The lowest BCUT2D eigenvalue weighted by molar-refractivity contribution is 0.0697. The molecule has 1 aromatic rings. The third kappa shape index (κ3) is 6.71. The van der Waals surface area contributed by atoms with Gasteiger partial charge in [0.15, 0.2) is 0 Å². The van der Waals surface area contributed by atoms with Crippen LogP contribution in [0.25, 0.3) is 0 Å². The van der Waals surface area contributed by atoms with Crippen molar-refractivity contribution in [2.24, 2.45) is 5.92 Å². The van der Waals surface area contributed by atoms with E-state index < -0.39 is 22.0 Å². The van der Waals surface area contributed by atoms with Gasteiger partial charge in [0.25, 0.3) is 0 Å². The Morgan fingerprint density at radius 1 is 1.12 bits per heavy atom. The first-order valence-electron chi connectivity index (χ1n) is 8.17. The van der Waals surface area contributed by atoms with Crippen LogP contribution < -0.4 is 15.4 Å². The summed E-state index contributed by atoms with van der Waals surface area (Å²) in [6.45, 7) is 0.711. The van der Waals surface area contributed by atoms with E-state index in [9.17, 15) is 18.0 Å². The molecule has 0 spiro atoms. The summed E-state index contributed by atoms with van der Waals surface area (Å²) >= 11 is 0. The van der Waals surface area contributed by atoms with Crippen LogP contribution in [-0.2, 0) is 16.6 Å². The second-order valence-corrected chi connectivity index (χ2v) is 8.00. The van der Waals surface area contributed by atoms with Gasteiger partial charge in [-0.25, -0.2) is 22.7 Å². The Morgan fingerprint density at radius 2 is 1.80 bits per heavy atom. The van der Waals surface area contributed by atoms with Crippen LogP contribution in [0.5, 0.6) is 0 Å². The topological polar surface area (TPSA) is 125 Å². The minimum absolute atomic E-state index is 0.0176. The molecule has 1 aliphatic rings. The Kier molecular flexibility index (Phi) is 6.77. The second kappa shape index (κ2) is 8.82. The minimum atomic E-state index is -3.38. The maximum atomic E-state index is 11.8. The van der Waals surface area contributed by atoms with Gasteiger partial charge < -0.3 is 15.7 Å². The molecule has 1 aromatic carbocycles. The van der Waals surface area contributed by atoms with Crippen LogP contribution in [0.15, 0.2) is 24.3 Å². The first kappa shape index (κ1) is 19.2. The molecule has 25 heavy (non-hydrogen) atoms. The molecule has 0 saturated heterocycles. The van der Waals surface area contributed by atoms with E-state index in [1.165, 1.54) is 12.1 Å². The SMILES string of the molecule is O=C(NCCS(=O)(=O)NCC1CCC1)NCc1ccc(C(=O)O)cc1. The highest BCUT2D eigenvalue weighted by atomic mass is 32.2. The molecular formula is C16H23N3O5S. The number of carboxylic acid groups (broad SMARTS) is 1. The van der Waals surface area contributed by atoms with Crippen molar-refractivity contribution in [1.29, 1.82) is 0 Å². The molecule has 0 bridgehead atoms. The highest BCUT2D eigenvalue weighted by Crippen LogP contribution is 2.25. The summed E-state index contributed by atoms with van der Waals surface area (Å²) in [7, 11) is -3.38. The van der Waals surface area contributed by atoms with E-state index in [0.717, 1.165) is 24.8 Å². The Hall–Kier alpha value is -2.13.